The molecule has 0 amide bonds. The van der Waals surface area contributed by atoms with Crippen LogP contribution in [-0.4, -0.2) is 24.8 Å². The van der Waals surface area contributed by atoms with E-state index in [9.17, 15) is 4.79 Å². The Morgan fingerprint density at radius 1 is 1.62 bits per heavy atom. The summed E-state index contributed by atoms with van der Waals surface area (Å²) in [5.74, 6) is 0.242. The topological polar surface area (TPSA) is 35.5 Å². The Morgan fingerprint density at radius 3 is 3.00 bits per heavy atom. The fraction of sp³-hybridized carbons (Fsp3) is 0.700. The zero-order valence-electron chi connectivity index (χ0n) is 7.73. The molecule has 2 rings (SSSR count). The molecule has 0 radical (unpaired) electrons. The van der Waals surface area contributed by atoms with Crippen molar-refractivity contribution < 1.29 is 14.3 Å². The summed E-state index contributed by atoms with van der Waals surface area (Å²) in [5.41, 5.74) is 0. The Balaban J connectivity index is 1.83. The number of fused-ring (bicyclic) bond motifs is 2. The van der Waals surface area contributed by atoms with Gasteiger partial charge < -0.3 is 9.47 Å². The first-order valence-corrected chi connectivity index (χ1v) is 4.79. The van der Waals surface area contributed by atoms with Crippen molar-refractivity contribution in [1.29, 1.82) is 0 Å². The normalized spacial score (nSPS) is 35.3. The van der Waals surface area contributed by atoms with Crippen molar-refractivity contribution in [1.82, 2.24) is 0 Å². The summed E-state index contributed by atoms with van der Waals surface area (Å²) in [6, 6.07) is 0. The predicted molar refractivity (Wildman–Crippen MR) is 47.2 cm³/mol. The molecule has 0 saturated carbocycles. The van der Waals surface area contributed by atoms with Gasteiger partial charge in [0.05, 0.1) is 25.2 Å². The lowest BCUT2D eigenvalue weighted by Crippen LogP contribution is -2.18. The highest BCUT2D eigenvalue weighted by Crippen LogP contribution is 2.35. The molecule has 0 N–H and O–H groups in total. The molecule has 2 heterocycles. The van der Waals surface area contributed by atoms with Gasteiger partial charge in [0, 0.05) is 5.92 Å². The predicted octanol–water partition coefficient (Wildman–Crippen LogP) is 1.28. The molecule has 3 heteroatoms. The summed E-state index contributed by atoms with van der Waals surface area (Å²) in [4.78, 5) is 11.2. The smallest absolute Gasteiger partial charge is 0.306 e. The molecule has 0 aromatic heterocycles. The van der Waals surface area contributed by atoms with Crippen LogP contribution in [0.4, 0.5) is 0 Å². The van der Waals surface area contributed by atoms with Crippen LogP contribution >= 0.6 is 0 Å². The Hall–Kier alpha value is -0.830. The van der Waals surface area contributed by atoms with Crippen molar-refractivity contribution in [3.05, 3.63) is 12.2 Å². The first kappa shape index (κ1) is 8.75. The van der Waals surface area contributed by atoms with Crippen molar-refractivity contribution >= 4 is 5.97 Å². The lowest BCUT2D eigenvalue weighted by molar-refractivity contribution is -0.144. The number of hydrogen-bond donors (Lipinski definition) is 0. The van der Waals surface area contributed by atoms with Gasteiger partial charge in [0.25, 0.3) is 0 Å². The van der Waals surface area contributed by atoms with Crippen molar-refractivity contribution in [2.45, 2.75) is 32.0 Å². The fourth-order valence-corrected chi connectivity index (χ4v) is 1.99. The Bertz CT molecular complexity index is 234. The Kier molecular flexibility index (Phi) is 2.36. The van der Waals surface area contributed by atoms with E-state index in [0.29, 0.717) is 18.9 Å². The third-order valence-corrected chi connectivity index (χ3v) is 2.58. The number of ether oxygens (including phenoxy) is 2. The van der Waals surface area contributed by atoms with E-state index < -0.39 is 0 Å². The molecule has 0 aromatic rings. The van der Waals surface area contributed by atoms with Crippen LogP contribution in [0.2, 0.25) is 0 Å². The third-order valence-electron chi connectivity index (χ3n) is 2.58. The van der Waals surface area contributed by atoms with Crippen LogP contribution in [0.25, 0.3) is 0 Å². The molecule has 1 saturated heterocycles. The summed E-state index contributed by atoms with van der Waals surface area (Å²) in [6.07, 6.45) is 6.02. The van der Waals surface area contributed by atoms with E-state index in [0.717, 1.165) is 6.42 Å². The van der Waals surface area contributed by atoms with Crippen LogP contribution < -0.4 is 0 Å². The molecule has 0 aromatic carbocycles. The maximum Gasteiger partial charge on any atom is 0.306 e. The molecular weight excluding hydrogens is 168 g/mol. The van der Waals surface area contributed by atoms with Crippen LogP contribution in [0.3, 0.4) is 0 Å². The van der Waals surface area contributed by atoms with E-state index >= 15 is 0 Å². The maximum absolute atomic E-state index is 11.2. The van der Waals surface area contributed by atoms with Gasteiger partial charge in [-0.3, -0.25) is 4.79 Å². The Labute approximate surface area is 77.7 Å². The van der Waals surface area contributed by atoms with Gasteiger partial charge in [-0.05, 0) is 13.3 Å². The molecule has 13 heavy (non-hydrogen) atoms. The number of rotatable bonds is 3. The van der Waals surface area contributed by atoms with Crippen LogP contribution in [-0.2, 0) is 14.3 Å². The lowest BCUT2D eigenvalue weighted by atomic mass is 9.91. The monoisotopic (exact) mass is 182 g/mol. The average Bonchev–Trinajstić information content (AvgIpc) is 2.65. The molecule has 3 atom stereocenters. The van der Waals surface area contributed by atoms with Gasteiger partial charge in [-0.1, -0.05) is 12.2 Å². The quantitative estimate of drug-likeness (QED) is 0.487. The SMILES string of the molecule is CCOC(=O)CC1CC2C=CC1O2. The van der Waals surface area contributed by atoms with Crippen molar-refractivity contribution in [3.63, 3.8) is 0 Å². The van der Waals surface area contributed by atoms with Gasteiger partial charge in [-0.25, -0.2) is 0 Å². The summed E-state index contributed by atoms with van der Waals surface area (Å²) >= 11 is 0. The molecule has 0 spiro atoms. The highest BCUT2D eigenvalue weighted by molar-refractivity contribution is 5.69. The summed E-state index contributed by atoms with van der Waals surface area (Å²) in [6.45, 7) is 2.30. The van der Waals surface area contributed by atoms with E-state index in [4.69, 9.17) is 9.47 Å². The van der Waals surface area contributed by atoms with E-state index in [-0.39, 0.29) is 18.2 Å². The minimum Gasteiger partial charge on any atom is -0.466 e. The fourth-order valence-electron chi connectivity index (χ4n) is 1.99. The zero-order chi connectivity index (χ0) is 9.26. The highest BCUT2D eigenvalue weighted by Gasteiger charge is 2.37. The van der Waals surface area contributed by atoms with Gasteiger partial charge in [-0.15, -0.1) is 0 Å². The molecule has 1 fully saturated rings. The molecule has 72 valence electrons. The molecule has 0 aliphatic carbocycles. The first-order chi connectivity index (χ1) is 6.29. The minimum absolute atomic E-state index is 0.1000. The van der Waals surface area contributed by atoms with Crippen molar-refractivity contribution in [2.24, 2.45) is 5.92 Å². The number of esters is 1. The molecule has 2 bridgehead atoms. The number of carbonyl (C=O) groups is 1. The van der Waals surface area contributed by atoms with Gasteiger partial charge in [0.15, 0.2) is 0 Å². The largest absolute Gasteiger partial charge is 0.466 e. The second kappa shape index (κ2) is 3.50. The summed E-state index contributed by atoms with van der Waals surface area (Å²) in [5, 5.41) is 0. The second-order valence-corrected chi connectivity index (χ2v) is 3.53. The standard InChI is InChI=1S/C10H14O3/c1-2-12-10(11)6-7-5-8-3-4-9(7)13-8/h3-4,7-9H,2,5-6H2,1H3. The summed E-state index contributed by atoms with van der Waals surface area (Å²) in [7, 11) is 0. The van der Waals surface area contributed by atoms with Crippen LogP contribution in [0, 0.1) is 5.92 Å². The minimum atomic E-state index is -0.1000. The lowest BCUT2D eigenvalue weighted by Gasteiger charge is -2.13. The zero-order valence-corrected chi connectivity index (χ0v) is 7.73. The maximum atomic E-state index is 11.2. The highest BCUT2D eigenvalue weighted by atomic mass is 16.5. The Morgan fingerprint density at radius 2 is 2.46 bits per heavy atom. The van der Waals surface area contributed by atoms with Crippen LogP contribution in [0.15, 0.2) is 12.2 Å². The van der Waals surface area contributed by atoms with Crippen molar-refractivity contribution in [3.8, 4) is 0 Å². The van der Waals surface area contributed by atoms with Gasteiger partial charge in [0.1, 0.15) is 0 Å². The third kappa shape index (κ3) is 1.75. The first-order valence-electron chi connectivity index (χ1n) is 4.79. The average molecular weight is 182 g/mol. The number of hydrogen-bond acceptors (Lipinski definition) is 3. The van der Waals surface area contributed by atoms with Crippen molar-refractivity contribution in [2.75, 3.05) is 6.61 Å². The van der Waals surface area contributed by atoms with Crippen LogP contribution in [0.5, 0.6) is 0 Å². The van der Waals surface area contributed by atoms with E-state index in [2.05, 4.69) is 12.2 Å². The second-order valence-electron chi connectivity index (χ2n) is 3.53. The van der Waals surface area contributed by atoms with Crippen LogP contribution in [0.1, 0.15) is 19.8 Å². The molecule has 2 aliphatic rings. The van der Waals surface area contributed by atoms with E-state index in [1.54, 1.807) is 0 Å². The van der Waals surface area contributed by atoms with Gasteiger partial charge >= 0.3 is 5.97 Å². The van der Waals surface area contributed by atoms with Gasteiger partial charge in [0.2, 0.25) is 0 Å². The molecule has 3 nitrogen and oxygen atoms in total. The summed E-state index contributed by atoms with van der Waals surface area (Å²) < 4.78 is 10.4. The number of carbonyl (C=O) groups excluding carboxylic acids is 1. The van der Waals surface area contributed by atoms with Gasteiger partial charge in [-0.2, -0.15) is 0 Å². The molecule has 2 aliphatic heterocycles. The molecular formula is C10H14O3. The van der Waals surface area contributed by atoms with E-state index in [1.807, 2.05) is 6.92 Å². The van der Waals surface area contributed by atoms with E-state index in [1.165, 1.54) is 0 Å². The molecule has 3 unspecified atom stereocenters.